The summed E-state index contributed by atoms with van der Waals surface area (Å²) in [6.45, 7) is 0.402. The summed E-state index contributed by atoms with van der Waals surface area (Å²) in [5.74, 6) is -0.0968. The van der Waals surface area contributed by atoms with E-state index in [-0.39, 0.29) is 12.3 Å². The van der Waals surface area contributed by atoms with E-state index in [2.05, 4.69) is 11.4 Å². The fourth-order valence-corrected chi connectivity index (χ4v) is 2.03. The molecule has 2 rings (SSSR count). The molecule has 0 spiro atoms. The van der Waals surface area contributed by atoms with Crippen molar-refractivity contribution in [2.45, 2.75) is 13.0 Å². The third kappa shape index (κ3) is 3.84. The third-order valence-electron chi connectivity index (χ3n) is 2.85. The van der Waals surface area contributed by atoms with Crippen molar-refractivity contribution in [2.75, 3.05) is 0 Å². The van der Waals surface area contributed by atoms with Crippen LogP contribution in [0, 0.1) is 11.3 Å². The maximum absolute atomic E-state index is 11.9. The highest BCUT2D eigenvalue weighted by Crippen LogP contribution is 2.15. The molecular weight excluding hydrogens is 272 g/mol. The third-order valence-corrected chi connectivity index (χ3v) is 3.22. The van der Waals surface area contributed by atoms with Gasteiger partial charge in [0.1, 0.15) is 0 Å². The van der Waals surface area contributed by atoms with Crippen LogP contribution in [0.1, 0.15) is 16.7 Å². The summed E-state index contributed by atoms with van der Waals surface area (Å²) in [7, 11) is 0. The van der Waals surface area contributed by atoms with Crippen molar-refractivity contribution >= 4 is 17.5 Å². The highest BCUT2D eigenvalue weighted by Gasteiger charge is 2.06. The monoisotopic (exact) mass is 284 g/mol. The first-order valence-corrected chi connectivity index (χ1v) is 6.56. The lowest BCUT2D eigenvalue weighted by molar-refractivity contribution is -0.120. The van der Waals surface area contributed by atoms with Gasteiger partial charge in [0, 0.05) is 11.6 Å². The molecule has 0 saturated carbocycles. The summed E-state index contributed by atoms with van der Waals surface area (Å²) < 4.78 is 0. The molecule has 100 valence electrons. The number of hydrogen-bond donors (Lipinski definition) is 1. The minimum absolute atomic E-state index is 0.0968. The van der Waals surface area contributed by atoms with Crippen LogP contribution in [0.5, 0.6) is 0 Å². The second-order valence-corrected chi connectivity index (χ2v) is 4.76. The quantitative estimate of drug-likeness (QED) is 0.938. The predicted octanol–water partition coefficient (Wildman–Crippen LogP) is 3.07. The van der Waals surface area contributed by atoms with E-state index in [0.29, 0.717) is 17.1 Å². The van der Waals surface area contributed by atoms with Gasteiger partial charge in [-0.25, -0.2) is 0 Å². The maximum Gasteiger partial charge on any atom is 0.224 e. The van der Waals surface area contributed by atoms with Gasteiger partial charge in [-0.2, -0.15) is 5.26 Å². The predicted molar refractivity (Wildman–Crippen MR) is 78.2 cm³/mol. The maximum atomic E-state index is 11.9. The van der Waals surface area contributed by atoms with Gasteiger partial charge in [-0.15, -0.1) is 0 Å². The van der Waals surface area contributed by atoms with Gasteiger partial charge in [0.2, 0.25) is 5.91 Å². The van der Waals surface area contributed by atoms with Crippen LogP contribution in [-0.2, 0) is 17.8 Å². The smallest absolute Gasteiger partial charge is 0.224 e. The Hall–Kier alpha value is -2.31. The molecule has 2 aromatic carbocycles. The van der Waals surface area contributed by atoms with Gasteiger partial charge in [-0.05, 0) is 29.3 Å². The fourth-order valence-electron chi connectivity index (χ4n) is 1.83. The molecular formula is C16H13ClN2O. The Morgan fingerprint density at radius 2 is 2.00 bits per heavy atom. The Balaban J connectivity index is 1.93. The van der Waals surface area contributed by atoms with Crippen molar-refractivity contribution in [2.24, 2.45) is 0 Å². The van der Waals surface area contributed by atoms with Crippen LogP contribution in [0.25, 0.3) is 0 Å². The summed E-state index contributed by atoms with van der Waals surface area (Å²) in [4.78, 5) is 11.9. The summed E-state index contributed by atoms with van der Waals surface area (Å²) in [5, 5.41) is 12.2. The molecule has 0 fully saturated rings. The number of carbonyl (C=O) groups is 1. The lowest BCUT2D eigenvalue weighted by atomic mass is 10.1. The van der Waals surface area contributed by atoms with Gasteiger partial charge in [0.15, 0.2) is 0 Å². The van der Waals surface area contributed by atoms with Crippen molar-refractivity contribution in [3.05, 3.63) is 70.2 Å². The first-order valence-electron chi connectivity index (χ1n) is 6.18. The van der Waals surface area contributed by atoms with E-state index in [1.165, 1.54) is 0 Å². The average Bonchev–Trinajstić information content (AvgIpc) is 2.48. The molecule has 0 unspecified atom stereocenters. The van der Waals surface area contributed by atoms with Crippen molar-refractivity contribution in [1.82, 2.24) is 5.32 Å². The molecule has 0 aliphatic heterocycles. The second-order valence-electron chi connectivity index (χ2n) is 4.36. The summed E-state index contributed by atoms with van der Waals surface area (Å²) in [5.41, 5.74) is 2.29. The number of nitrogens with one attached hydrogen (secondary N) is 1. The minimum Gasteiger partial charge on any atom is -0.352 e. The number of hydrogen-bond acceptors (Lipinski definition) is 2. The second kappa shape index (κ2) is 6.74. The van der Waals surface area contributed by atoms with E-state index in [0.717, 1.165) is 11.1 Å². The summed E-state index contributed by atoms with van der Waals surface area (Å²) >= 11 is 6.01. The van der Waals surface area contributed by atoms with E-state index in [4.69, 9.17) is 16.9 Å². The van der Waals surface area contributed by atoms with Crippen molar-refractivity contribution in [3.63, 3.8) is 0 Å². The summed E-state index contributed by atoms with van der Waals surface area (Å²) in [6.07, 6.45) is 0.248. The topological polar surface area (TPSA) is 52.9 Å². The molecule has 0 aromatic heterocycles. The number of nitriles is 1. The number of amides is 1. The molecule has 20 heavy (non-hydrogen) atoms. The first-order chi connectivity index (χ1) is 9.69. The molecule has 1 amide bonds. The van der Waals surface area contributed by atoms with Gasteiger partial charge >= 0.3 is 0 Å². The minimum atomic E-state index is -0.0968. The van der Waals surface area contributed by atoms with E-state index in [9.17, 15) is 4.79 Å². The van der Waals surface area contributed by atoms with Gasteiger partial charge in [-0.1, -0.05) is 41.9 Å². The number of nitrogens with zero attached hydrogens (tertiary/aromatic N) is 1. The first kappa shape index (κ1) is 14.1. The van der Waals surface area contributed by atoms with Gasteiger partial charge < -0.3 is 5.32 Å². The van der Waals surface area contributed by atoms with Crippen LogP contribution in [0.2, 0.25) is 5.02 Å². The molecule has 3 nitrogen and oxygen atoms in total. The Morgan fingerprint density at radius 3 is 2.75 bits per heavy atom. The van der Waals surface area contributed by atoms with E-state index < -0.39 is 0 Å². The normalized spacial score (nSPS) is 9.80. The average molecular weight is 285 g/mol. The SMILES string of the molecule is N#Cc1cccc(CNC(=O)Cc2ccccc2Cl)c1. The Morgan fingerprint density at radius 1 is 1.20 bits per heavy atom. The van der Waals surface area contributed by atoms with Crippen molar-refractivity contribution < 1.29 is 4.79 Å². The van der Waals surface area contributed by atoms with Crippen LogP contribution < -0.4 is 5.32 Å². The van der Waals surface area contributed by atoms with Crippen molar-refractivity contribution in [1.29, 1.82) is 5.26 Å². The Bertz CT molecular complexity index is 662. The summed E-state index contributed by atoms with van der Waals surface area (Å²) in [6, 6.07) is 16.5. The van der Waals surface area contributed by atoms with Crippen LogP contribution in [0.15, 0.2) is 48.5 Å². The van der Waals surface area contributed by atoms with Gasteiger partial charge in [0.25, 0.3) is 0 Å². The van der Waals surface area contributed by atoms with Crippen molar-refractivity contribution in [3.8, 4) is 6.07 Å². The van der Waals surface area contributed by atoms with E-state index >= 15 is 0 Å². The molecule has 0 aliphatic rings. The van der Waals surface area contributed by atoms with E-state index in [1.807, 2.05) is 24.3 Å². The highest BCUT2D eigenvalue weighted by atomic mass is 35.5. The number of benzene rings is 2. The Labute approximate surface area is 122 Å². The lowest BCUT2D eigenvalue weighted by Crippen LogP contribution is -2.24. The van der Waals surface area contributed by atoms with Crippen LogP contribution in [0.4, 0.5) is 0 Å². The highest BCUT2D eigenvalue weighted by molar-refractivity contribution is 6.31. The van der Waals surface area contributed by atoms with Crippen LogP contribution in [-0.4, -0.2) is 5.91 Å². The largest absolute Gasteiger partial charge is 0.352 e. The molecule has 0 bridgehead atoms. The van der Waals surface area contributed by atoms with Crippen LogP contribution >= 0.6 is 11.6 Å². The number of carbonyl (C=O) groups excluding carboxylic acids is 1. The molecule has 4 heteroatoms. The molecule has 0 saturated heterocycles. The molecule has 2 aromatic rings. The zero-order chi connectivity index (χ0) is 14.4. The van der Waals surface area contributed by atoms with Crippen LogP contribution in [0.3, 0.4) is 0 Å². The molecule has 0 atom stereocenters. The fraction of sp³-hybridized carbons (Fsp3) is 0.125. The zero-order valence-electron chi connectivity index (χ0n) is 10.8. The van der Waals surface area contributed by atoms with E-state index in [1.54, 1.807) is 24.3 Å². The standard InChI is InChI=1S/C16H13ClN2O/c17-15-7-2-1-6-14(15)9-16(20)19-11-13-5-3-4-12(8-13)10-18/h1-8H,9,11H2,(H,19,20). The number of halogens is 1. The zero-order valence-corrected chi connectivity index (χ0v) is 11.5. The molecule has 1 N–H and O–H groups in total. The number of rotatable bonds is 4. The Kier molecular flexibility index (Phi) is 4.75. The lowest BCUT2D eigenvalue weighted by Gasteiger charge is -2.07. The molecule has 0 aliphatic carbocycles. The van der Waals surface area contributed by atoms with Gasteiger partial charge in [-0.3, -0.25) is 4.79 Å². The van der Waals surface area contributed by atoms with Gasteiger partial charge in [0.05, 0.1) is 18.1 Å². The molecule has 0 radical (unpaired) electrons. The molecule has 0 heterocycles.